The third kappa shape index (κ3) is 2.63. The van der Waals surface area contributed by atoms with Gasteiger partial charge in [0.1, 0.15) is 10.8 Å². The molecule has 0 radical (unpaired) electrons. The van der Waals surface area contributed by atoms with Gasteiger partial charge in [0.2, 0.25) is 0 Å². The third-order valence-corrected chi connectivity index (χ3v) is 5.17. The van der Waals surface area contributed by atoms with Crippen LogP contribution in [0.2, 0.25) is 10.0 Å². The molecule has 1 aliphatic rings. The number of aliphatic carboxylic acids is 1. The van der Waals surface area contributed by atoms with E-state index in [-0.39, 0.29) is 27.1 Å². The third-order valence-electron chi connectivity index (χ3n) is 4.32. The number of carboxylic acids is 1. The van der Waals surface area contributed by atoms with Crippen molar-refractivity contribution >= 4 is 34.9 Å². The minimum absolute atomic E-state index is 0.121. The van der Waals surface area contributed by atoms with Crippen LogP contribution in [0.1, 0.15) is 31.9 Å². The molecule has 5 nitrogen and oxygen atoms in total. The van der Waals surface area contributed by atoms with E-state index >= 15 is 0 Å². The molecule has 0 spiro atoms. The summed E-state index contributed by atoms with van der Waals surface area (Å²) in [4.78, 5) is 10.6. The Bertz CT molecular complexity index is 657. The van der Waals surface area contributed by atoms with Gasteiger partial charge < -0.3 is 15.1 Å². The highest BCUT2D eigenvalue weighted by molar-refractivity contribution is 6.45. The molecule has 1 aromatic rings. The Kier molecular flexibility index (Phi) is 4.59. The zero-order valence-electron chi connectivity index (χ0n) is 12.5. The standard InChI is InChI=1S/C15H17Cl2NO4/c1-7(2)15(3)5-8-4-9(22-6-10(19)20)12(16)13(17)11(8)14(15)18-21/h4,7,21H,5-6H2,1-3H3,(H,19,20). The van der Waals surface area contributed by atoms with E-state index in [9.17, 15) is 10.0 Å². The normalized spacial score (nSPS) is 22.2. The second-order valence-corrected chi connectivity index (χ2v) is 6.67. The molecule has 2 rings (SSSR count). The van der Waals surface area contributed by atoms with Gasteiger partial charge in [-0.15, -0.1) is 0 Å². The summed E-state index contributed by atoms with van der Waals surface area (Å²) < 4.78 is 5.18. The number of rotatable bonds is 4. The van der Waals surface area contributed by atoms with Gasteiger partial charge in [0.15, 0.2) is 6.61 Å². The van der Waals surface area contributed by atoms with Crippen LogP contribution >= 0.6 is 23.2 Å². The van der Waals surface area contributed by atoms with Crippen molar-refractivity contribution in [1.82, 2.24) is 0 Å². The van der Waals surface area contributed by atoms with E-state index in [2.05, 4.69) is 5.16 Å². The number of halogens is 2. The van der Waals surface area contributed by atoms with Crippen LogP contribution in [0.4, 0.5) is 0 Å². The molecule has 1 aromatic carbocycles. The summed E-state index contributed by atoms with van der Waals surface area (Å²) in [6.07, 6.45) is 0.611. The Balaban J connectivity index is 2.54. The average molecular weight is 346 g/mol. The first kappa shape index (κ1) is 16.9. The summed E-state index contributed by atoms with van der Waals surface area (Å²) in [5.41, 5.74) is 1.55. The predicted octanol–water partition coefficient (Wildman–Crippen LogP) is 3.85. The van der Waals surface area contributed by atoms with Gasteiger partial charge >= 0.3 is 5.97 Å². The van der Waals surface area contributed by atoms with Crippen LogP contribution < -0.4 is 4.74 Å². The summed E-state index contributed by atoms with van der Waals surface area (Å²) >= 11 is 12.5. The first-order valence-electron chi connectivity index (χ1n) is 6.80. The van der Waals surface area contributed by atoms with E-state index in [4.69, 9.17) is 33.0 Å². The number of carboxylic acid groups (broad SMARTS) is 1. The van der Waals surface area contributed by atoms with Crippen molar-refractivity contribution in [2.75, 3.05) is 6.61 Å². The van der Waals surface area contributed by atoms with Gasteiger partial charge in [0.25, 0.3) is 0 Å². The van der Waals surface area contributed by atoms with Crippen LogP contribution in [0.25, 0.3) is 0 Å². The van der Waals surface area contributed by atoms with E-state index in [1.807, 2.05) is 20.8 Å². The molecule has 22 heavy (non-hydrogen) atoms. The lowest BCUT2D eigenvalue weighted by Gasteiger charge is -2.28. The molecule has 1 atom stereocenters. The maximum absolute atomic E-state index is 10.6. The molecule has 0 heterocycles. The molecule has 0 aliphatic heterocycles. The number of benzene rings is 1. The highest BCUT2D eigenvalue weighted by atomic mass is 35.5. The van der Waals surface area contributed by atoms with Crippen LogP contribution in [0, 0.1) is 11.3 Å². The topological polar surface area (TPSA) is 79.1 Å². The quantitative estimate of drug-likeness (QED) is 0.641. The number of hydrogen-bond donors (Lipinski definition) is 2. The van der Waals surface area contributed by atoms with Crippen molar-refractivity contribution in [1.29, 1.82) is 0 Å². The van der Waals surface area contributed by atoms with Gasteiger partial charge in [0.05, 0.1) is 10.7 Å². The van der Waals surface area contributed by atoms with E-state index in [0.29, 0.717) is 17.7 Å². The Hall–Kier alpha value is -1.46. The summed E-state index contributed by atoms with van der Waals surface area (Å²) in [5, 5.41) is 21.9. The number of oxime groups is 1. The fraction of sp³-hybridized carbons (Fsp3) is 0.467. The SMILES string of the molecule is CC(C)C1(C)Cc2cc(OCC(=O)O)c(Cl)c(Cl)c2C1=NO. The summed E-state index contributed by atoms with van der Waals surface area (Å²) in [6, 6.07) is 1.67. The van der Waals surface area contributed by atoms with Gasteiger partial charge in [-0.25, -0.2) is 4.79 Å². The van der Waals surface area contributed by atoms with Crippen molar-refractivity contribution in [3.05, 3.63) is 27.2 Å². The van der Waals surface area contributed by atoms with Gasteiger partial charge in [-0.05, 0) is 24.0 Å². The molecule has 0 bridgehead atoms. The average Bonchev–Trinajstić information content (AvgIpc) is 2.74. The highest BCUT2D eigenvalue weighted by Gasteiger charge is 2.44. The van der Waals surface area contributed by atoms with Crippen LogP contribution in [0.15, 0.2) is 11.2 Å². The number of hydrogen-bond acceptors (Lipinski definition) is 4. The van der Waals surface area contributed by atoms with Crippen LogP contribution in [0.5, 0.6) is 5.75 Å². The lowest BCUT2D eigenvalue weighted by Crippen LogP contribution is -2.31. The van der Waals surface area contributed by atoms with Crippen LogP contribution in [-0.4, -0.2) is 28.6 Å². The lowest BCUT2D eigenvalue weighted by atomic mass is 9.75. The molecule has 0 aromatic heterocycles. The van der Waals surface area contributed by atoms with Crippen LogP contribution in [0.3, 0.4) is 0 Å². The molecule has 120 valence electrons. The second kappa shape index (κ2) is 5.97. The number of nitrogens with zero attached hydrogens (tertiary/aromatic N) is 1. The van der Waals surface area contributed by atoms with Crippen LogP contribution in [-0.2, 0) is 11.2 Å². The highest BCUT2D eigenvalue weighted by Crippen LogP contribution is 2.49. The van der Waals surface area contributed by atoms with E-state index < -0.39 is 12.6 Å². The number of ether oxygens (including phenoxy) is 1. The Morgan fingerprint density at radius 3 is 2.59 bits per heavy atom. The minimum atomic E-state index is -1.10. The smallest absolute Gasteiger partial charge is 0.341 e. The van der Waals surface area contributed by atoms with Gasteiger partial charge in [-0.1, -0.05) is 49.1 Å². The molecular weight excluding hydrogens is 329 g/mol. The summed E-state index contributed by atoms with van der Waals surface area (Å²) in [6.45, 7) is 5.56. The largest absolute Gasteiger partial charge is 0.480 e. The van der Waals surface area contributed by atoms with Crippen molar-refractivity contribution in [2.45, 2.75) is 27.2 Å². The fourth-order valence-electron chi connectivity index (χ4n) is 2.70. The number of fused-ring (bicyclic) bond motifs is 1. The minimum Gasteiger partial charge on any atom is -0.480 e. The fourth-order valence-corrected chi connectivity index (χ4v) is 3.21. The van der Waals surface area contributed by atoms with E-state index in [0.717, 1.165) is 5.56 Å². The molecule has 2 N–H and O–H groups in total. The molecule has 1 aliphatic carbocycles. The lowest BCUT2D eigenvalue weighted by molar-refractivity contribution is -0.139. The second-order valence-electron chi connectivity index (χ2n) is 5.92. The summed E-state index contributed by atoms with van der Waals surface area (Å²) in [5.74, 6) is -0.667. The maximum Gasteiger partial charge on any atom is 0.341 e. The zero-order chi connectivity index (χ0) is 16.7. The van der Waals surface area contributed by atoms with Crippen molar-refractivity contribution in [2.24, 2.45) is 16.5 Å². The van der Waals surface area contributed by atoms with Crippen molar-refractivity contribution in [3.63, 3.8) is 0 Å². The van der Waals surface area contributed by atoms with Gasteiger partial charge in [0, 0.05) is 11.0 Å². The van der Waals surface area contributed by atoms with Crippen molar-refractivity contribution in [3.8, 4) is 5.75 Å². The van der Waals surface area contributed by atoms with E-state index in [1.54, 1.807) is 6.07 Å². The van der Waals surface area contributed by atoms with Crippen molar-refractivity contribution < 1.29 is 19.8 Å². The first-order valence-corrected chi connectivity index (χ1v) is 7.56. The molecule has 7 heteroatoms. The Morgan fingerprint density at radius 2 is 2.09 bits per heavy atom. The Labute approximate surface area is 138 Å². The van der Waals surface area contributed by atoms with Gasteiger partial charge in [-0.3, -0.25) is 0 Å². The maximum atomic E-state index is 10.6. The molecular formula is C15H17Cl2NO4. The molecule has 0 saturated heterocycles. The molecule has 0 fully saturated rings. The summed E-state index contributed by atoms with van der Waals surface area (Å²) in [7, 11) is 0. The monoisotopic (exact) mass is 345 g/mol. The van der Waals surface area contributed by atoms with E-state index in [1.165, 1.54) is 0 Å². The Morgan fingerprint density at radius 1 is 1.45 bits per heavy atom. The first-order chi connectivity index (χ1) is 10.2. The molecule has 1 unspecified atom stereocenters. The predicted molar refractivity (Wildman–Crippen MR) is 84.6 cm³/mol. The molecule has 0 amide bonds. The zero-order valence-corrected chi connectivity index (χ0v) is 14.0. The number of carbonyl (C=O) groups is 1. The molecule has 0 saturated carbocycles. The van der Waals surface area contributed by atoms with Gasteiger partial charge in [-0.2, -0.15) is 0 Å².